The molecule has 9 nitrogen and oxygen atoms in total. The summed E-state index contributed by atoms with van der Waals surface area (Å²) in [4.78, 5) is 11.3. The van der Waals surface area contributed by atoms with Crippen LogP contribution in [0.25, 0.3) is 87.7 Å². The van der Waals surface area contributed by atoms with E-state index >= 15 is 0 Å². The number of para-hydroxylation sites is 3. The topological polar surface area (TPSA) is 95.8 Å². The predicted octanol–water partition coefficient (Wildman–Crippen LogP) is 15.4. The number of hydrogen-bond acceptors (Lipinski definition) is 7. The van der Waals surface area contributed by atoms with Crippen LogP contribution in [0.5, 0.6) is 0 Å². The molecule has 5 atom stereocenters. The summed E-state index contributed by atoms with van der Waals surface area (Å²) in [5, 5.41) is 24.7. The first-order chi connectivity index (χ1) is 39.2. The fourth-order valence-corrected chi connectivity index (χ4v) is 12.9. The van der Waals surface area contributed by atoms with Gasteiger partial charge in [-0.1, -0.05) is 218 Å². The fourth-order valence-electron chi connectivity index (χ4n) is 12.9. The molecule has 0 fully saturated rings. The molecule has 0 spiro atoms. The third-order valence-electron chi connectivity index (χ3n) is 16.4. The van der Waals surface area contributed by atoms with E-state index < -0.39 is 0 Å². The average molecular weight is 1020 g/mol. The number of aliphatic imine (C=N–C) groups is 2. The maximum absolute atomic E-state index is 7.28. The van der Waals surface area contributed by atoms with E-state index in [-0.39, 0.29) is 30.6 Å². The molecule has 0 bridgehead atoms. The van der Waals surface area contributed by atoms with Crippen LogP contribution < -0.4 is 21.3 Å². The Morgan fingerprint density at radius 1 is 0.430 bits per heavy atom. The number of fused-ring (bicyclic) bond motifs is 13. The quantitative estimate of drug-likeness (QED) is 0.122. The SMILES string of the molecule is C1=C(C2N=C(c3ccccc3)NC(c3ccccc3)N2)CC(C2=NC(c3ccccc3)NC(c3ccccc3)N2)C(n2c3ccccc3c3c4oc5ccccc5c4c4c(c5ccccc5n4-c4cccc5ccccc45)c32)=C1. The van der Waals surface area contributed by atoms with Crippen LogP contribution in [0.2, 0.25) is 0 Å². The molecule has 3 aromatic heterocycles. The third-order valence-corrected chi connectivity index (χ3v) is 16.4. The van der Waals surface area contributed by atoms with E-state index in [1.165, 1.54) is 10.8 Å². The van der Waals surface area contributed by atoms with Crippen LogP contribution in [-0.4, -0.2) is 27.0 Å². The second kappa shape index (κ2) is 18.5. The summed E-state index contributed by atoms with van der Waals surface area (Å²) in [6, 6.07) is 84.1. The zero-order valence-corrected chi connectivity index (χ0v) is 43.0. The predicted molar refractivity (Wildman–Crippen MR) is 323 cm³/mol. The minimum Gasteiger partial charge on any atom is -0.455 e. The first-order valence-electron chi connectivity index (χ1n) is 27.3. The summed E-state index contributed by atoms with van der Waals surface area (Å²) < 4.78 is 12.3. The lowest BCUT2D eigenvalue weighted by Gasteiger charge is -2.39. The number of nitrogens with one attached hydrogen (secondary N) is 4. The van der Waals surface area contributed by atoms with E-state index in [1.807, 2.05) is 0 Å². The molecule has 378 valence electrons. The van der Waals surface area contributed by atoms with Crippen molar-refractivity contribution >= 4 is 93.7 Å². The summed E-state index contributed by atoms with van der Waals surface area (Å²) in [5.41, 5.74) is 13.9. The molecule has 9 heteroatoms. The van der Waals surface area contributed by atoms with Gasteiger partial charge in [0.05, 0.1) is 44.4 Å². The molecule has 16 rings (SSSR count). The Labute approximate surface area is 455 Å². The van der Waals surface area contributed by atoms with Gasteiger partial charge in [-0.3, -0.25) is 10.6 Å². The lowest BCUT2D eigenvalue weighted by Crippen LogP contribution is -2.50. The largest absolute Gasteiger partial charge is 0.455 e. The molecular formula is C70H52N8O. The van der Waals surface area contributed by atoms with Gasteiger partial charge in [0.1, 0.15) is 47.5 Å². The molecule has 0 saturated heterocycles. The van der Waals surface area contributed by atoms with Gasteiger partial charge in [-0.15, -0.1) is 0 Å². The highest BCUT2D eigenvalue weighted by atomic mass is 16.3. The molecule has 5 unspecified atom stereocenters. The minimum atomic E-state index is -0.363. The molecule has 1 aliphatic carbocycles. The summed E-state index contributed by atoms with van der Waals surface area (Å²) in [5.74, 6) is 1.45. The Balaban J connectivity index is 1.01. The van der Waals surface area contributed by atoms with Gasteiger partial charge in [0.2, 0.25) is 0 Å². The van der Waals surface area contributed by atoms with Gasteiger partial charge in [-0.05, 0) is 64.4 Å². The number of allylic oxidation sites excluding steroid dienone is 2. The number of furan rings is 1. The van der Waals surface area contributed by atoms with Crippen molar-refractivity contribution in [1.82, 2.24) is 30.4 Å². The van der Waals surface area contributed by atoms with Gasteiger partial charge < -0.3 is 24.2 Å². The number of benzene rings is 10. The molecule has 10 aromatic carbocycles. The fraction of sp³-hybridized carbons (Fsp3) is 0.0857. The molecule has 0 saturated carbocycles. The highest BCUT2D eigenvalue weighted by Crippen LogP contribution is 2.51. The van der Waals surface area contributed by atoms with Crippen molar-refractivity contribution in [3.05, 3.63) is 277 Å². The van der Waals surface area contributed by atoms with Gasteiger partial charge in [-0.2, -0.15) is 0 Å². The molecule has 2 aliphatic heterocycles. The summed E-state index contributed by atoms with van der Waals surface area (Å²) in [6.07, 6.45) is 4.16. The molecular weight excluding hydrogens is 969 g/mol. The molecule has 13 aromatic rings. The Morgan fingerprint density at radius 2 is 0.975 bits per heavy atom. The van der Waals surface area contributed by atoms with Crippen molar-refractivity contribution in [3.8, 4) is 5.69 Å². The second-order valence-corrected chi connectivity index (χ2v) is 20.9. The van der Waals surface area contributed by atoms with E-state index in [4.69, 9.17) is 14.4 Å². The molecule has 5 heterocycles. The second-order valence-electron chi connectivity index (χ2n) is 20.9. The van der Waals surface area contributed by atoms with E-state index in [1.54, 1.807) is 0 Å². The number of nitrogens with zero attached hydrogens (tertiary/aromatic N) is 4. The Kier molecular flexibility index (Phi) is 10.6. The van der Waals surface area contributed by atoms with Crippen LogP contribution in [-0.2, 0) is 0 Å². The number of rotatable bonds is 8. The van der Waals surface area contributed by atoms with Crippen LogP contribution in [0.3, 0.4) is 0 Å². The van der Waals surface area contributed by atoms with Gasteiger partial charge in [0, 0.05) is 38.2 Å². The summed E-state index contributed by atoms with van der Waals surface area (Å²) in [6.45, 7) is 0. The molecule has 3 aliphatic rings. The van der Waals surface area contributed by atoms with Crippen LogP contribution in [0.1, 0.15) is 47.2 Å². The smallest absolute Gasteiger partial charge is 0.147 e. The first kappa shape index (κ1) is 45.4. The number of aromatic nitrogens is 2. The van der Waals surface area contributed by atoms with Gasteiger partial charge in [-0.25, -0.2) is 9.98 Å². The number of hydrogen-bond donors (Lipinski definition) is 4. The standard InChI is InChI=1S/C70H52N8O/c1-5-23-44(24-6-1)65-71-66(45-25-7-2-8-26-45)74-69(73-65)48-40-41-57(53(42-48)70-75-67(46-27-9-3-10-28-46)72-68(76-70)47-29-11-4-12-30-47)78-56-37-19-16-34-51(56)60-62(78)59-50-33-15-18-36-55(50)77(54-38-21-31-43-22-13-14-32-49(43)54)63(59)61-52-35-17-20-39-58(52)79-64(60)61/h1-41,53,65,67-69,72-73H,42H2,(H,71,74)(H,75,76). The van der Waals surface area contributed by atoms with E-state index in [0.717, 1.165) is 116 Å². The maximum atomic E-state index is 7.28. The Hall–Kier alpha value is -9.80. The van der Waals surface area contributed by atoms with Crippen LogP contribution >= 0.6 is 0 Å². The van der Waals surface area contributed by atoms with Gasteiger partial charge >= 0.3 is 0 Å². The average Bonchev–Trinajstić information content (AvgIpc) is 2.66. The first-order valence-corrected chi connectivity index (χ1v) is 27.3. The van der Waals surface area contributed by atoms with Crippen LogP contribution in [0.4, 0.5) is 0 Å². The van der Waals surface area contributed by atoms with Crippen LogP contribution in [0, 0.1) is 5.92 Å². The van der Waals surface area contributed by atoms with Crippen LogP contribution in [0.15, 0.2) is 269 Å². The van der Waals surface area contributed by atoms with Gasteiger partial charge in [0.15, 0.2) is 0 Å². The maximum Gasteiger partial charge on any atom is 0.147 e. The van der Waals surface area contributed by atoms with Crippen molar-refractivity contribution in [1.29, 1.82) is 0 Å². The molecule has 79 heavy (non-hydrogen) atoms. The zero-order valence-electron chi connectivity index (χ0n) is 43.0. The minimum absolute atomic E-state index is 0.196. The van der Waals surface area contributed by atoms with Gasteiger partial charge in [0.25, 0.3) is 0 Å². The summed E-state index contributed by atoms with van der Waals surface area (Å²) >= 11 is 0. The van der Waals surface area contributed by atoms with Crippen molar-refractivity contribution < 1.29 is 4.42 Å². The number of amidine groups is 2. The Morgan fingerprint density at radius 3 is 1.71 bits per heavy atom. The molecule has 0 amide bonds. The van der Waals surface area contributed by atoms with E-state index in [9.17, 15) is 0 Å². The molecule has 0 radical (unpaired) electrons. The van der Waals surface area contributed by atoms with Crippen molar-refractivity contribution in [3.63, 3.8) is 0 Å². The summed E-state index contributed by atoms with van der Waals surface area (Å²) in [7, 11) is 0. The van der Waals surface area contributed by atoms with Crippen molar-refractivity contribution in [2.75, 3.05) is 0 Å². The van der Waals surface area contributed by atoms with E-state index in [2.05, 4.69) is 279 Å². The highest BCUT2D eigenvalue weighted by molar-refractivity contribution is 6.39. The lowest BCUT2D eigenvalue weighted by molar-refractivity contribution is 0.395. The van der Waals surface area contributed by atoms with E-state index in [0.29, 0.717) is 6.42 Å². The third kappa shape index (κ3) is 7.38. The normalized spacial score (nSPS) is 19.6. The van der Waals surface area contributed by atoms with Crippen molar-refractivity contribution in [2.45, 2.75) is 31.1 Å². The lowest BCUT2D eigenvalue weighted by atomic mass is 9.87. The monoisotopic (exact) mass is 1020 g/mol. The highest BCUT2D eigenvalue weighted by Gasteiger charge is 2.38. The van der Waals surface area contributed by atoms with Crippen molar-refractivity contribution in [2.24, 2.45) is 15.9 Å². The Bertz CT molecular complexity index is 4660. The molecule has 4 N–H and O–H groups in total. The zero-order chi connectivity index (χ0) is 52.0.